The highest BCUT2D eigenvalue weighted by atomic mass is 79.9. The van der Waals surface area contributed by atoms with E-state index in [0.29, 0.717) is 15.7 Å². The summed E-state index contributed by atoms with van der Waals surface area (Å²) in [5.74, 6) is -0.0621. The molecule has 28 heavy (non-hydrogen) atoms. The topological polar surface area (TPSA) is 43.2 Å². The van der Waals surface area contributed by atoms with E-state index in [0.717, 1.165) is 22.0 Å². The van der Waals surface area contributed by atoms with Gasteiger partial charge in [-0.15, -0.1) is 0 Å². The lowest BCUT2D eigenvalue weighted by atomic mass is 9.86. The monoisotopic (exact) mass is 477 g/mol. The van der Waals surface area contributed by atoms with Gasteiger partial charge in [0.25, 0.3) is 5.69 Å². The fraction of sp³-hybridized carbons (Fsp3) is 0.182. The molecule has 0 saturated heterocycles. The van der Waals surface area contributed by atoms with Crippen LogP contribution in [0.25, 0.3) is 0 Å². The van der Waals surface area contributed by atoms with Crippen molar-refractivity contribution < 1.29 is 9.78 Å². The number of H-pyrrole nitrogens is 1. The Labute approximate surface area is 183 Å². The first-order chi connectivity index (χ1) is 13.4. The van der Waals surface area contributed by atoms with Gasteiger partial charge in [-0.1, -0.05) is 47.5 Å². The third kappa shape index (κ3) is 5.57. The lowest BCUT2D eigenvalue weighted by molar-refractivity contribution is -0.383. The van der Waals surface area contributed by atoms with E-state index in [1.165, 1.54) is 0 Å². The second-order valence-corrected chi connectivity index (χ2v) is 8.46. The number of aromatic amines is 1. The molecule has 6 heteroatoms. The van der Waals surface area contributed by atoms with E-state index in [2.05, 4.69) is 26.2 Å². The van der Waals surface area contributed by atoms with Gasteiger partial charge in [0.1, 0.15) is 0 Å². The van der Waals surface area contributed by atoms with E-state index < -0.39 is 0 Å². The molecule has 0 aliphatic rings. The molecular formula is C22H20BrCl2N2O+. The molecule has 2 atom stereocenters. The van der Waals surface area contributed by atoms with Crippen LogP contribution in [0.4, 0.5) is 0 Å². The second-order valence-electron chi connectivity index (χ2n) is 6.67. The molecule has 1 unspecified atom stereocenters. The first-order valence-corrected chi connectivity index (χ1v) is 10.5. The highest BCUT2D eigenvalue weighted by Gasteiger charge is 2.24. The maximum absolute atomic E-state index is 12.7. The normalized spacial score (nSPS) is 13.0. The van der Waals surface area contributed by atoms with Crippen LogP contribution in [0.5, 0.6) is 0 Å². The van der Waals surface area contributed by atoms with Gasteiger partial charge in [-0.3, -0.25) is 4.79 Å². The van der Waals surface area contributed by atoms with Crippen molar-refractivity contribution in [1.29, 1.82) is 0 Å². The molecule has 144 valence electrons. The highest BCUT2D eigenvalue weighted by molar-refractivity contribution is 9.10. The SMILES string of the molecule is CC(NC(=O)c1ccc(Br)c[nH+]1)[C@H](Cc1ccc(Cl)cc1)c1ccc(Cl)cc1. The van der Waals surface area contributed by atoms with Crippen LogP contribution in [0.2, 0.25) is 10.0 Å². The molecule has 0 saturated carbocycles. The molecule has 1 aromatic heterocycles. The molecule has 0 bridgehead atoms. The van der Waals surface area contributed by atoms with Gasteiger partial charge in [0.2, 0.25) is 0 Å². The van der Waals surface area contributed by atoms with Gasteiger partial charge in [-0.2, -0.15) is 0 Å². The molecule has 1 heterocycles. The van der Waals surface area contributed by atoms with Crippen LogP contribution in [-0.4, -0.2) is 11.9 Å². The maximum Gasteiger partial charge on any atom is 0.316 e. The molecule has 3 nitrogen and oxygen atoms in total. The van der Waals surface area contributed by atoms with E-state index in [4.69, 9.17) is 23.2 Å². The van der Waals surface area contributed by atoms with Gasteiger partial charge in [-0.25, -0.2) is 4.98 Å². The van der Waals surface area contributed by atoms with Crippen molar-refractivity contribution in [3.05, 3.63) is 98.2 Å². The number of nitrogens with one attached hydrogen (secondary N) is 2. The summed E-state index contributed by atoms with van der Waals surface area (Å²) in [4.78, 5) is 15.7. The molecular weight excluding hydrogens is 459 g/mol. The lowest BCUT2D eigenvalue weighted by Gasteiger charge is -2.25. The third-order valence-electron chi connectivity index (χ3n) is 4.65. The summed E-state index contributed by atoms with van der Waals surface area (Å²) in [5.41, 5.74) is 2.78. The molecule has 3 aromatic rings. The van der Waals surface area contributed by atoms with Gasteiger partial charge < -0.3 is 5.32 Å². The van der Waals surface area contributed by atoms with Crippen LogP contribution in [0, 0.1) is 0 Å². The molecule has 0 aliphatic carbocycles. The minimum Gasteiger partial charge on any atom is -0.344 e. The summed E-state index contributed by atoms with van der Waals surface area (Å²) < 4.78 is 0.888. The van der Waals surface area contributed by atoms with Crippen LogP contribution in [0.15, 0.2) is 71.3 Å². The zero-order chi connectivity index (χ0) is 20.1. The first kappa shape index (κ1) is 20.8. The highest BCUT2D eigenvalue weighted by Crippen LogP contribution is 2.27. The number of halogens is 3. The quantitative estimate of drug-likeness (QED) is 0.484. The predicted molar refractivity (Wildman–Crippen MR) is 117 cm³/mol. The second kappa shape index (κ2) is 9.55. The molecule has 0 fully saturated rings. The summed E-state index contributed by atoms with van der Waals surface area (Å²) in [5, 5.41) is 4.51. The standard InChI is InChI=1S/C22H19BrCl2N2O/c1-14(27-22(28)21-11-6-17(23)13-26-21)20(16-4-9-19(25)10-5-16)12-15-2-7-18(24)8-3-15/h2-11,13-14,20H,12H2,1H3,(H,27,28)/p+1/t14?,20-/m0/s1. The number of amides is 1. The maximum atomic E-state index is 12.7. The van der Waals surface area contributed by atoms with Gasteiger partial charge in [0, 0.05) is 28.1 Å². The molecule has 2 aromatic carbocycles. The van der Waals surface area contributed by atoms with Gasteiger partial charge in [0.05, 0.1) is 4.47 Å². The first-order valence-electron chi connectivity index (χ1n) is 8.90. The van der Waals surface area contributed by atoms with E-state index in [9.17, 15) is 4.79 Å². The van der Waals surface area contributed by atoms with Gasteiger partial charge >= 0.3 is 5.91 Å². The van der Waals surface area contributed by atoms with Crippen LogP contribution < -0.4 is 10.3 Å². The lowest BCUT2D eigenvalue weighted by Crippen LogP contribution is -2.40. The number of carbonyl (C=O) groups excluding carboxylic acids is 1. The fourth-order valence-corrected chi connectivity index (χ4v) is 3.60. The number of rotatable bonds is 6. The van der Waals surface area contributed by atoms with Crippen molar-refractivity contribution in [2.75, 3.05) is 0 Å². The number of aromatic nitrogens is 1. The molecule has 3 rings (SSSR count). The van der Waals surface area contributed by atoms with Crippen LogP contribution in [-0.2, 0) is 6.42 Å². The summed E-state index contributed by atoms with van der Waals surface area (Å²) in [6, 6.07) is 19.1. The number of hydrogen-bond acceptors (Lipinski definition) is 1. The van der Waals surface area contributed by atoms with Crippen LogP contribution >= 0.6 is 39.1 Å². The minimum atomic E-state index is -0.143. The van der Waals surface area contributed by atoms with Crippen molar-refractivity contribution in [2.24, 2.45) is 0 Å². The largest absolute Gasteiger partial charge is 0.344 e. The molecule has 1 amide bonds. The fourth-order valence-electron chi connectivity index (χ4n) is 3.10. The Kier molecular flexibility index (Phi) is 7.11. The third-order valence-corrected chi connectivity index (χ3v) is 5.65. The number of benzene rings is 2. The van der Waals surface area contributed by atoms with E-state index in [1.54, 1.807) is 12.3 Å². The Morgan fingerprint density at radius 2 is 1.61 bits per heavy atom. The number of pyridine rings is 1. The molecule has 0 aliphatic heterocycles. The zero-order valence-electron chi connectivity index (χ0n) is 15.3. The van der Waals surface area contributed by atoms with Crippen molar-refractivity contribution in [1.82, 2.24) is 5.32 Å². The average Bonchev–Trinajstić information content (AvgIpc) is 2.68. The molecule has 2 N–H and O–H groups in total. The Morgan fingerprint density at radius 3 is 2.18 bits per heavy atom. The van der Waals surface area contributed by atoms with Crippen molar-refractivity contribution in [3.63, 3.8) is 0 Å². The summed E-state index contributed by atoms with van der Waals surface area (Å²) >= 11 is 15.4. The van der Waals surface area contributed by atoms with Crippen molar-refractivity contribution in [3.8, 4) is 0 Å². The average molecular weight is 479 g/mol. The van der Waals surface area contributed by atoms with Crippen molar-refractivity contribution in [2.45, 2.75) is 25.3 Å². The molecule has 0 spiro atoms. The Bertz CT molecular complexity index is 928. The number of hydrogen-bond donors (Lipinski definition) is 1. The summed E-state index contributed by atoms with van der Waals surface area (Å²) in [6.07, 6.45) is 2.51. The summed E-state index contributed by atoms with van der Waals surface area (Å²) in [7, 11) is 0. The Morgan fingerprint density at radius 1 is 1.00 bits per heavy atom. The molecule has 0 radical (unpaired) electrons. The summed E-state index contributed by atoms with van der Waals surface area (Å²) in [6.45, 7) is 2.02. The smallest absolute Gasteiger partial charge is 0.316 e. The van der Waals surface area contributed by atoms with Gasteiger partial charge in [-0.05, 0) is 70.7 Å². The van der Waals surface area contributed by atoms with Crippen LogP contribution in [0.3, 0.4) is 0 Å². The Hall–Kier alpha value is -1.88. The van der Waals surface area contributed by atoms with Gasteiger partial charge in [0.15, 0.2) is 6.20 Å². The van der Waals surface area contributed by atoms with Crippen molar-refractivity contribution >= 4 is 45.0 Å². The zero-order valence-corrected chi connectivity index (χ0v) is 18.4. The Balaban J connectivity index is 1.82. The van der Waals surface area contributed by atoms with E-state index >= 15 is 0 Å². The minimum absolute atomic E-state index is 0.0813. The number of carbonyl (C=O) groups is 1. The van der Waals surface area contributed by atoms with Crippen LogP contribution in [0.1, 0.15) is 34.5 Å². The predicted octanol–water partition coefficient (Wildman–Crippen LogP) is 5.71. The van der Waals surface area contributed by atoms with E-state index in [-0.39, 0.29) is 17.9 Å². The van der Waals surface area contributed by atoms with E-state index in [1.807, 2.05) is 61.5 Å².